The van der Waals surface area contributed by atoms with E-state index in [9.17, 15) is 4.79 Å². The van der Waals surface area contributed by atoms with Gasteiger partial charge in [0, 0.05) is 44.5 Å². The van der Waals surface area contributed by atoms with Crippen molar-refractivity contribution in [3.63, 3.8) is 0 Å². The molecule has 104 valence electrons. The highest BCUT2D eigenvalue weighted by Gasteiger charge is 2.38. The van der Waals surface area contributed by atoms with Crippen molar-refractivity contribution in [2.75, 3.05) is 13.1 Å². The number of nitrogens with zero attached hydrogens (tertiary/aromatic N) is 3. The van der Waals surface area contributed by atoms with E-state index in [4.69, 9.17) is 5.73 Å². The van der Waals surface area contributed by atoms with Gasteiger partial charge >= 0.3 is 0 Å². The van der Waals surface area contributed by atoms with Gasteiger partial charge in [-0.3, -0.25) is 9.48 Å². The highest BCUT2D eigenvalue weighted by molar-refractivity contribution is 5.76. The first-order valence-electron chi connectivity index (χ1n) is 7.23. The number of rotatable bonds is 3. The predicted octanol–water partition coefficient (Wildman–Crippen LogP) is 0.859. The van der Waals surface area contributed by atoms with Crippen LogP contribution in [0.5, 0.6) is 0 Å². The summed E-state index contributed by atoms with van der Waals surface area (Å²) < 4.78 is 1.82. The van der Waals surface area contributed by atoms with Gasteiger partial charge in [0.2, 0.25) is 5.91 Å². The van der Waals surface area contributed by atoms with Crippen molar-refractivity contribution >= 4 is 5.91 Å². The van der Waals surface area contributed by atoms with Gasteiger partial charge < -0.3 is 10.6 Å². The van der Waals surface area contributed by atoms with Crippen LogP contribution in [0.15, 0.2) is 18.5 Å². The largest absolute Gasteiger partial charge is 0.342 e. The lowest BCUT2D eigenvalue weighted by Crippen LogP contribution is -2.32. The zero-order chi connectivity index (χ0) is 13.2. The van der Waals surface area contributed by atoms with Crippen molar-refractivity contribution in [1.82, 2.24) is 14.7 Å². The van der Waals surface area contributed by atoms with E-state index in [-0.39, 0.29) is 5.91 Å². The summed E-state index contributed by atoms with van der Waals surface area (Å²) in [6.45, 7) is 2.53. The zero-order valence-electron chi connectivity index (χ0n) is 11.2. The third kappa shape index (κ3) is 2.81. The number of aromatic nitrogens is 2. The number of hydrogen-bond donors (Lipinski definition) is 1. The molecule has 1 aliphatic heterocycles. The van der Waals surface area contributed by atoms with Crippen LogP contribution >= 0.6 is 0 Å². The van der Waals surface area contributed by atoms with E-state index < -0.39 is 0 Å². The molecule has 1 amide bonds. The molecule has 3 rings (SSSR count). The number of fused-ring (bicyclic) bond motifs is 1. The molecule has 5 nitrogen and oxygen atoms in total. The van der Waals surface area contributed by atoms with Crippen molar-refractivity contribution in [2.24, 2.45) is 17.6 Å². The number of hydrogen-bond acceptors (Lipinski definition) is 3. The quantitative estimate of drug-likeness (QED) is 0.878. The molecule has 2 aliphatic rings. The van der Waals surface area contributed by atoms with Gasteiger partial charge in [0.25, 0.3) is 0 Å². The molecule has 0 spiro atoms. The Morgan fingerprint density at radius 3 is 2.95 bits per heavy atom. The summed E-state index contributed by atoms with van der Waals surface area (Å²) in [5.41, 5.74) is 6.02. The fraction of sp³-hybridized carbons (Fsp3) is 0.714. The van der Waals surface area contributed by atoms with Gasteiger partial charge in [0.1, 0.15) is 0 Å². The maximum atomic E-state index is 12.2. The lowest BCUT2D eigenvalue weighted by atomic mass is 9.79. The van der Waals surface area contributed by atoms with Crippen LogP contribution in [0.3, 0.4) is 0 Å². The van der Waals surface area contributed by atoms with E-state index in [0.29, 0.717) is 30.8 Å². The normalized spacial score (nSPS) is 30.4. The number of likely N-dealkylation sites (tertiary alicyclic amines) is 1. The van der Waals surface area contributed by atoms with Gasteiger partial charge in [0.05, 0.1) is 0 Å². The Hall–Kier alpha value is -1.36. The van der Waals surface area contributed by atoms with Crippen LogP contribution in [0, 0.1) is 11.8 Å². The Kier molecular flexibility index (Phi) is 3.55. The van der Waals surface area contributed by atoms with E-state index in [1.54, 1.807) is 6.20 Å². The Morgan fingerprint density at radius 1 is 1.32 bits per heavy atom. The van der Waals surface area contributed by atoms with Gasteiger partial charge in [-0.25, -0.2) is 0 Å². The summed E-state index contributed by atoms with van der Waals surface area (Å²) in [5.74, 6) is 1.59. The third-order valence-electron chi connectivity index (χ3n) is 4.56. The second kappa shape index (κ2) is 5.33. The van der Waals surface area contributed by atoms with Crippen molar-refractivity contribution < 1.29 is 4.79 Å². The van der Waals surface area contributed by atoms with Crippen molar-refractivity contribution in [2.45, 2.75) is 38.3 Å². The summed E-state index contributed by atoms with van der Waals surface area (Å²) in [5, 5.41) is 4.13. The number of carbonyl (C=O) groups excluding carboxylic acids is 1. The number of aryl methyl sites for hydroxylation is 1. The summed E-state index contributed by atoms with van der Waals surface area (Å²) in [6.07, 6.45) is 7.60. The standard InChI is InChI=1S/C14H22N4O/c15-13-3-2-11-9-17(10-12(11)8-13)14(19)4-7-18-6-1-5-16-18/h1,5-6,11-13H,2-4,7-10,15H2/t11-,12+,13?/m1/s1. The monoisotopic (exact) mass is 262 g/mol. The summed E-state index contributed by atoms with van der Waals surface area (Å²) in [6, 6.07) is 2.23. The van der Waals surface area contributed by atoms with Crippen LogP contribution in [0.4, 0.5) is 0 Å². The highest BCUT2D eigenvalue weighted by Crippen LogP contribution is 2.35. The first-order chi connectivity index (χ1) is 9.22. The van der Waals surface area contributed by atoms with E-state index >= 15 is 0 Å². The van der Waals surface area contributed by atoms with E-state index in [0.717, 1.165) is 25.9 Å². The maximum absolute atomic E-state index is 12.2. The Bertz CT molecular complexity index is 431. The fourth-order valence-corrected chi connectivity index (χ4v) is 3.47. The molecule has 1 saturated heterocycles. The predicted molar refractivity (Wildman–Crippen MR) is 72.2 cm³/mol. The molecule has 1 aromatic rings. The van der Waals surface area contributed by atoms with Crippen LogP contribution in [0.25, 0.3) is 0 Å². The molecular formula is C14H22N4O. The molecule has 1 aromatic heterocycles. The van der Waals surface area contributed by atoms with Gasteiger partial charge in [-0.2, -0.15) is 5.10 Å². The third-order valence-corrected chi connectivity index (χ3v) is 4.56. The highest BCUT2D eigenvalue weighted by atomic mass is 16.2. The molecule has 3 atom stereocenters. The fourth-order valence-electron chi connectivity index (χ4n) is 3.47. The Morgan fingerprint density at radius 2 is 2.16 bits per heavy atom. The first-order valence-corrected chi connectivity index (χ1v) is 7.23. The minimum absolute atomic E-state index is 0.262. The molecule has 2 N–H and O–H groups in total. The van der Waals surface area contributed by atoms with Crippen LogP contribution in [0.1, 0.15) is 25.7 Å². The molecule has 0 bridgehead atoms. The molecule has 2 fully saturated rings. The molecule has 1 aliphatic carbocycles. The van der Waals surface area contributed by atoms with Gasteiger partial charge in [-0.15, -0.1) is 0 Å². The first kappa shape index (κ1) is 12.7. The second-order valence-corrected chi connectivity index (χ2v) is 5.91. The van der Waals surface area contributed by atoms with Crippen molar-refractivity contribution in [3.05, 3.63) is 18.5 Å². The van der Waals surface area contributed by atoms with Crippen molar-refractivity contribution in [3.8, 4) is 0 Å². The molecular weight excluding hydrogens is 240 g/mol. The average Bonchev–Trinajstić information content (AvgIpc) is 3.04. The molecule has 0 radical (unpaired) electrons. The molecule has 19 heavy (non-hydrogen) atoms. The number of nitrogens with two attached hydrogens (primary N) is 1. The molecule has 5 heteroatoms. The second-order valence-electron chi connectivity index (χ2n) is 5.91. The lowest BCUT2D eigenvalue weighted by Gasteiger charge is -2.27. The summed E-state index contributed by atoms with van der Waals surface area (Å²) in [4.78, 5) is 14.3. The van der Waals surface area contributed by atoms with Gasteiger partial charge in [-0.05, 0) is 37.2 Å². The molecule has 2 heterocycles. The van der Waals surface area contributed by atoms with Gasteiger partial charge in [0.15, 0.2) is 0 Å². The van der Waals surface area contributed by atoms with Crippen LogP contribution < -0.4 is 5.73 Å². The molecule has 1 unspecified atom stereocenters. The topological polar surface area (TPSA) is 64.2 Å². The maximum Gasteiger partial charge on any atom is 0.224 e. The molecule has 1 saturated carbocycles. The van der Waals surface area contributed by atoms with Crippen molar-refractivity contribution in [1.29, 1.82) is 0 Å². The summed E-state index contributed by atoms with van der Waals surface area (Å²) >= 11 is 0. The van der Waals surface area contributed by atoms with E-state index in [1.807, 2.05) is 21.8 Å². The zero-order valence-corrected chi connectivity index (χ0v) is 11.2. The van der Waals surface area contributed by atoms with Crippen LogP contribution in [-0.4, -0.2) is 39.7 Å². The molecule has 0 aromatic carbocycles. The van der Waals surface area contributed by atoms with Crippen LogP contribution in [0.2, 0.25) is 0 Å². The Labute approximate surface area is 113 Å². The smallest absolute Gasteiger partial charge is 0.224 e. The summed E-state index contributed by atoms with van der Waals surface area (Å²) in [7, 11) is 0. The lowest BCUT2D eigenvalue weighted by molar-refractivity contribution is -0.130. The minimum atomic E-state index is 0.262. The number of amides is 1. The minimum Gasteiger partial charge on any atom is -0.342 e. The number of carbonyl (C=O) groups is 1. The SMILES string of the molecule is NC1CC[C@@H]2CN(C(=O)CCn3cccn3)C[C@@H]2C1. The Balaban J connectivity index is 1.51. The van der Waals surface area contributed by atoms with E-state index in [2.05, 4.69) is 5.10 Å². The average molecular weight is 262 g/mol. The van der Waals surface area contributed by atoms with Crippen LogP contribution in [-0.2, 0) is 11.3 Å². The van der Waals surface area contributed by atoms with Gasteiger partial charge in [-0.1, -0.05) is 0 Å². The van der Waals surface area contributed by atoms with E-state index in [1.165, 1.54) is 6.42 Å².